The Balaban J connectivity index is 1.43. The van der Waals surface area contributed by atoms with E-state index in [9.17, 15) is 18.7 Å². The van der Waals surface area contributed by atoms with Gasteiger partial charge in [-0.05, 0) is 23.8 Å². The Morgan fingerprint density at radius 2 is 1.58 bits per heavy atom. The molecule has 6 rings (SSSR count). The van der Waals surface area contributed by atoms with Crippen LogP contribution in [0.15, 0.2) is 53.4 Å². The summed E-state index contributed by atoms with van der Waals surface area (Å²) in [4.78, 5) is 30.4. The van der Waals surface area contributed by atoms with Crippen LogP contribution < -0.4 is 0 Å². The van der Waals surface area contributed by atoms with E-state index < -0.39 is 10.6 Å². The molecule has 3 aliphatic rings. The number of carbonyl (C=O) groups is 2. The van der Waals surface area contributed by atoms with Crippen LogP contribution in [0, 0.1) is 0 Å². The number of carbonyl (C=O) groups excluding carboxylic acids is 2. The molecule has 38 heavy (non-hydrogen) atoms. The van der Waals surface area contributed by atoms with Gasteiger partial charge in [-0.2, -0.15) is 15.7 Å². The fourth-order valence-electron chi connectivity index (χ4n) is 5.26. The maximum absolute atomic E-state index is 13.6. The quantitative estimate of drug-likeness (QED) is 0.524. The molecule has 0 aliphatic carbocycles. The summed E-state index contributed by atoms with van der Waals surface area (Å²) >= 11 is 0. The second-order valence-corrected chi connectivity index (χ2v) is 11.7. The number of amides is 2. The van der Waals surface area contributed by atoms with Gasteiger partial charge in [-0.15, -0.1) is 0 Å². The van der Waals surface area contributed by atoms with Crippen LogP contribution in [0.4, 0.5) is 0 Å². The van der Waals surface area contributed by atoms with Crippen LogP contribution in [0.3, 0.4) is 0 Å². The summed E-state index contributed by atoms with van der Waals surface area (Å²) in [6, 6.07) is 14.7. The molecule has 2 fully saturated rings. The predicted molar refractivity (Wildman–Crippen MR) is 142 cm³/mol. The molecule has 0 saturated carbocycles. The highest BCUT2D eigenvalue weighted by atomic mass is 32.3. The molecular weight excluding hydrogens is 508 g/mol. The fourth-order valence-corrected chi connectivity index (χ4v) is 6.91. The minimum Gasteiger partial charge on any atom is -0.378 e. The van der Waals surface area contributed by atoms with Crippen LogP contribution in [0.2, 0.25) is 0 Å². The molecule has 200 valence electrons. The first-order chi connectivity index (χ1) is 18.4. The third-order valence-corrected chi connectivity index (χ3v) is 8.95. The SMILES string of the molecule is O=C(Cc1cccc(-n2nc(C(=O)N3CCOCC3)c3c2-c2ccccc2S(O)(O)C3)c1)N1CCOCC1. The summed E-state index contributed by atoms with van der Waals surface area (Å²) in [6.45, 7) is 4.06. The summed E-state index contributed by atoms with van der Waals surface area (Å²) in [7, 11) is -3.16. The third kappa shape index (κ3) is 4.61. The lowest BCUT2D eigenvalue weighted by Crippen LogP contribution is -2.41. The number of nitrogens with zero attached hydrogens (tertiary/aromatic N) is 4. The second kappa shape index (κ2) is 10.2. The number of aromatic nitrogens is 2. The van der Waals surface area contributed by atoms with E-state index in [-0.39, 0.29) is 29.7 Å². The van der Waals surface area contributed by atoms with E-state index in [0.29, 0.717) is 80.0 Å². The molecule has 2 amide bonds. The Bertz CT molecular complexity index is 1380. The van der Waals surface area contributed by atoms with E-state index in [4.69, 9.17) is 14.6 Å². The number of rotatable bonds is 4. The Kier molecular flexibility index (Phi) is 6.70. The molecule has 11 heteroatoms. The normalized spacial score (nSPS) is 19.4. The average Bonchev–Trinajstić information content (AvgIpc) is 3.32. The number of hydrogen-bond donors (Lipinski definition) is 2. The van der Waals surface area contributed by atoms with Crippen molar-refractivity contribution in [2.45, 2.75) is 17.1 Å². The Hall–Kier alpha value is -3.22. The van der Waals surface area contributed by atoms with Gasteiger partial charge in [0.05, 0.1) is 54.9 Å². The molecule has 3 aliphatic heterocycles. The van der Waals surface area contributed by atoms with Crippen molar-refractivity contribution in [3.63, 3.8) is 0 Å². The molecule has 0 radical (unpaired) electrons. The lowest BCUT2D eigenvalue weighted by atomic mass is 10.0. The molecule has 0 spiro atoms. The van der Waals surface area contributed by atoms with Crippen molar-refractivity contribution in [1.29, 1.82) is 0 Å². The largest absolute Gasteiger partial charge is 0.378 e. The number of ether oxygens (including phenoxy) is 2. The standard InChI is InChI=1S/C27H30N4O6S/c32-24(29-8-12-36-13-9-29)17-19-4-3-5-20(16-19)31-26-21-6-1-2-7-23(21)38(34,35)18-22(26)25(28-31)27(33)30-10-14-37-15-11-30/h1-7,16,34-35H,8-15,17-18H2. The summed E-state index contributed by atoms with van der Waals surface area (Å²) in [5, 5.41) is 4.78. The van der Waals surface area contributed by atoms with E-state index in [1.54, 1.807) is 21.7 Å². The van der Waals surface area contributed by atoms with Gasteiger partial charge in [-0.3, -0.25) is 18.7 Å². The summed E-state index contributed by atoms with van der Waals surface area (Å²) in [5.74, 6) is -0.299. The van der Waals surface area contributed by atoms with Crippen molar-refractivity contribution in [2.24, 2.45) is 0 Å². The van der Waals surface area contributed by atoms with Crippen LogP contribution in [-0.2, 0) is 26.4 Å². The molecule has 2 saturated heterocycles. The van der Waals surface area contributed by atoms with Gasteiger partial charge in [0.1, 0.15) is 0 Å². The zero-order valence-electron chi connectivity index (χ0n) is 20.9. The molecule has 10 nitrogen and oxygen atoms in total. The summed E-state index contributed by atoms with van der Waals surface area (Å²) in [5.41, 5.74) is 3.57. The van der Waals surface area contributed by atoms with Crippen LogP contribution in [0.25, 0.3) is 16.9 Å². The minimum atomic E-state index is -3.16. The average molecular weight is 539 g/mol. The Labute approximate surface area is 222 Å². The van der Waals surface area contributed by atoms with Crippen LogP contribution in [0.1, 0.15) is 21.6 Å². The number of hydrogen-bond acceptors (Lipinski definition) is 7. The maximum Gasteiger partial charge on any atom is 0.274 e. The van der Waals surface area contributed by atoms with Crippen molar-refractivity contribution in [3.05, 3.63) is 65.4 Å². The van der Waals surface area contributed by atoms with Gasteiger partial charge in [0.15, 0.2) is 5.69 Å². The first-order valence-corrected chi connectivity index (χ1v) is 14.4. The molecule has 0 atom stereocenters. The van der Waals surface area contributed by atoms with Crippen molar-refractivity contribution in [1.82, 2.24) is 19.6 Å². The lowest BCUT2D eigenvalue weighted by molar-refractivity contribution is -0.134. The van der Waals surface area contributed by atoms with Crippen LogP contribution >= 0.6 is 10.6 Å². The van der Waals surface area contributed by atoms with Crippen molar-refractivity contribution >= 4 is 22.4 Å². The lowest BCUT2D eigenvalue weighted by Gasteiger charge is -2.38. The van der Waals surface area contributed by atoms with E-state index in [1.807, 2.05) is 41.3 Å². The summed E-state index contributed by atoms with van der Waals surface area (Å²) in [6.07, 6.45) is 0.244. The summed E-state index contributed by atoms with van der Waals surface area (Å²) < 4.78 is 34.6. The Morgan fingerprint density at radius 1 is 0.895 bits per heavy atom. The highest BCUT2D eigenvalue weighted by Crippen LogP contribution is 2.59. The van der Waals surface area contributed by atoms with E-state index in [1.165, 1.54) is 0 Å². The molecule has 2 N–H and O–H groups in total. The third-order valence-electron chi connectivity index (χ3n) is 7.20. The van der Waals surface area contributed by atoms with Gasteiger partial charge < -0.3 is 19.3 Å². The van der Waals surface area contributed by atoms with Crippen LogP contribution in [0.5, 0.6) is 0 Å². The minimum absolute atomic E-state index is 0.0374. The molecule has 0 bridgehead atoms. The van der Waals surface area contributed by atoms with Crippen molar-refractivity contribution in [2.75, 3.05) is 52.6 Å². The number of benzene rings is 2. The highest BCUT2D eigenvalue weighted by molar-refractivity contribution is 8.23. The van der Waals surface area contributed by atoms with Gasteiger partial charge in [-0.25, -0.2) is 4.68 Å². The second-order valence-electron chi connectivity index (χ2n) is 9.64. The first kappa shape index (κ1) is 25.1. The number of morpholine rings is 2. The van der Waals surface area contributed by atoms with Gasteiger partial charge in [0.25, 0.3) is 5.91 Å². The zero-order chi connectivity index (χ0) is 26.3. The predicted octanol–water partition coefficient (Wildman–Crippen LogP) is 3.04. The Morgan fingerprint density at radius 3 is 2.32 bits per heavy atom. The van der Waals surface area contributed by atoms with Gasteiger partial charge in [0, 0.05) is 37.3 Å². The maximum atomic E-state index is 13.6. The molecule has 1 aromatic heterocycles. The van der Waals surface area contributed by atoms with E-state index >= 15 is 0 Å². The smallest absolute Gasteiger partial charge is 0.274 e. The molecule has 0 unspecified atom stereocenters. The molecular formula is C27H30N4O6S. The highest BCUT2D eigenvalue weighted by Gasteiger charge is 2.37. The van der Waals surface area contributed by atoms with E-state index in [0.717, 1.165) is 5.56 Å². The molecule has 4 heterocycles. The van der Waals surface area contributed by atoms with Crippen molar-refractivity contribution < 1.29 is 28.2 Å². The van der Waals surface area contributed by atoms with E-state index in [2.05, 4.69) is 0 Å². The fraction of sp³-hybridized carbons (Fsp3) is 0.370. The zero-order valence-corrected chi connectivity index (χ0v) is 21.7. The van der Waals surface area contributed by atoms with Crippen LogP contribution in [-0.4, -0.2) is 93.1 Å². The topological polar surface area (TPSA) is 117 Å². The van der Waals surface area contributed by atoms with Gasteiger partial charge in [-0.1, -0.05) is 30.3 Å². The number of fused-ring (bicyclic) bond motifs is 3. The monoisotopic (exact) mass is 538 g/mol. The molecule has 3 aromatic rings. The molecule has 2 aromatic carbocycles. The van der Waals surface area contributed by atoms with Gasteiger partial charge in [0.2, 0.25) is 5.91 Å². The van der Waals surface area contributed by atoms with Crippen molar-refractivity contribution in [3.8, 4) is 16.9 Å². The van der Waals surface area contributed by atoms with Gasteiger partial charge >= 0.3 is 0 Å². The first-order valence-electron chi connectivity index (χ1n) is 12.7.